The molecule has 6 heteroatoms. The van der Waals surface area contributed by atoms with Crippen LogP contribution in [0.15, 0.2) is 42.5 Å². The Kier molecular flexibility index (Phi) is 3.82. The summed E-state index contributed by atoms with van der Waals surface area (Å²) in [7, 11) is 2.08. The van der Waals surface area contributed by atoms with Gasteiger partial charge >= 0.3 is 0 Å². The van der Waals surface area contributed by atoms with Crippen LogP contribution in [0.3, 0.4) is 0 Å². The van der Waals surface area contributed by atoms with Crippen LogP contribution in [-0.2, 0) is 0 Å². The summed E-state index contributed by atoms with van der Waals surface area (Å²) in [4.78, 5) is 17.2. The highest BCUT2D eigenvalue weighted by atomic mass is 19.1. The smallest absolute Gasteiger partial charge is 0.254 e. The summed E-state index contributed by atoms with van der Waals surface area (Å²) in [5, 5.41) is 0. The fourth-order valence-electron chi connectivity index (χ4n) is 4.83. The molecule has 0 aliphatic carbocycles. The van der Waals surface area contributed by atoms with E-state index in [0.29, 0.717) is 35.4 Å². The number of fused-ring (bicyclic) bond motifs is 2. The molecule has 5 rings (SSSR count). The van der Waals surface area contributed by atoms with Crippen LogP contribution in [0.4, 0.5) is 4.39 Å². The van der Waals surface area contributed by atoms with E-state index < -0.39 is 0 Å². The van der Waals surface area contributed by atoms with E-state index in [1.54, 1.807) is 30.3 Å². The van der Waals surface area contributed by atoms with Crippen LogP contribution in [-0.4, -0.2) is 49.2 Å². The van der Waals surface area contributed by atoms with Crippen molar-refractivity contribution in [2.45, 2.75) is 6.04 Å². The number of hydrogen-bond donors (Lipinski definition) is 0. The van der Waals surface area contributed by atoms with Gasteiger partial charge in [-0.1, -0.05) is 12.1 Å². The molecule has 2 fully saturated rings. The molecule has 0 unspecified atom stereocenters. The van der Waals surface area contributed by atoms with Crippen LogP contribution in [0.5, 0.6) is 11.5 Å². The third kappa shape index (κ3) is 2.75. The molecule has 0 N–H and O–H groups in total. The van der Waals surface area contributed by atoms with E-state index in [0.717, 1.165) is 18.7 Å². The topological polar surface area (TPSA) is 42.0 Å². The highest BCUT2D eigenvalue weighted by Gasteiger charge is 2.47. The summed E-state index contributed by atoms with van der Waals surface area (Å²) in [6.45, 7) is 2.52. The molecular formula is C21H21FN2O3. The van der Waals surface area contributed by atoms with Crippen molar-refractivity contribution in [3.05, 3.63) is 59.4 Å². The van der Waals surface area contributed by atoms with Crippen LogP contribution in [0.1, 0.15) is 22.0 Å². The van der Waals surface area contributed by atoms with E-state index in [9.17, 15) is 9.18 Å². The van der Waals surface area contributed by atoms with E-state index in [4.69, 9.17) is 9.47 Å². The van der Waals surface area contributed by atoms with Gasteiger partial charge in [0.05, 0.1) is 0 Å². The zero-order chi connectivity index (χ0) is 18.5. The summed E-state index contributed by atoms with van der Waals surface area (Å²) >= 11 is 0. The molecule has 2 saturated heterocycles. The largest absolute Gasteiger partial charge is 0.454 e. The first-order valence-corrected chi connectivity index (χ1v) is 9.25. The number of likely N-dealkylation sites (tertiary alicyclic amines) is 2. The maximum absolute atomic E-state index is 13.7. The lowest BCUT2D eigenvalue weighted by Gasteiger charge is -2.27. The summed E-state index contributed by atoms with van der Waals surface area (Å²) < 4.78 is 24.4. The molecule has 0 bridgehead atoms. The maximum atomic E-state index is 13.7. The van der Waals surface area contributed by atoms with Crippen molar-refractivity contribution in [1.29, 1.82) is 0 Å². The minimum atomic E-state index is -0.212. The molecule has 0 aromatic heterocycles. The lowest BCUT2D eigenvalue weighted by Crippen LogP contribution is -2.33. The number of carbonyl (C=O) groups excluding carboxylic acids is 1. The molecule has 3 aliphatic heterocycles. The van der Waals surface area contributed by atoms with Gasteiger partial charge in [-0.15, -0.1) is 0 Å². The number of halogens is 1. The minimum absolute atomic E-state index is 0.0170. The Labute approximate surface area is 157 Å². The van der Waals surface area contributed by atoms with Crippen LogP contribution in [0, 0.1) is 17.7 Å². The molecule has 0 radical (unpaired) electrons. The first-order valence-electron chi connectivity index (χ1n) is 9.25. The molecule has 0 spiro atoms. The third-order valence-electron chi connectivity index (χ3n) is 5.99. The Morgan fingerprint density at radius 2 is 1.93 bits per heavy atom. The SMILES string of the molecule is CN1C[C@H]2CN(C(=O)c3ccc4c(c3)OCO4)C[C@H]2[C@@H]1c1cccc(F)c1. The van der Waals surface area contributed by atoms with Gasteiger partial charge in [0.1, 0.15) is 5.82 Å². The third-order valence-corrected chi connectivity index (χ3v) is 5.99. The molecule has 2 aromatic carbocycles. The molecule has 140 valence electrons. The van der Waals surface area contributed by atoms with Crippen molar-refractivity contribution in [2.24, 2.45) is 11.8 Å². The van der Waals surface area contributed by atoms with E-state index in [1.165, 1.54) is 6.07 Å². The average Bonchev–Trinajstić information content (AvgIpc) is 3.34. The zero-order valence-electron chi connectivity index (χ0n) is 15.1. The Balaban J connectivity index is 1.37. The molecule has 27 heavy (non-hydrogen) atoms. The first kappa shape index (κ1) is 16.6. The molecule has 3 atom stereocenters. The van der Waals surface area contributed by atoms with Crippen molar-refractivity contribution in [1.82, 2.24) is 9.80 Å². The lowest BCUT2D eigenvalue weighted by molar-refractivity contribution is 0.0767. The van der Waals surface area contributed by atoms with E-state index in [1.807, 2.05) is 11.0 Å². The van der Waals surface area contributed by atoms with Crippen LogP contribution >= 0.6 is 0 Å². The average molecular weight is 368 g/mol. The summed E-state index contributed by atoms with van der Waals surface area (Å²) in [6, 6.07) is 12.3. The second-order valence-electron chi connectivity index (χ2n) is 7.64. The second kappa shape index (κ2) is 6.23. The molecule has 3 heterocycles. The summed E-state index contributed by atoms with van der Waals surface area (Å²) in [5.41, 5.74) is 1.61. The zero-order valence-corrected chi connectivity index (χ0v) is 15.1. The summed E-state index contributed by atoms with van der Waals surface area (Å²) in [5.74, 6) is 1.82. The van der Waals surface area contributed by atoms with Gasteiger partial charge in [-0.05, 0) is 48.9 Å². The van der Waals surface area contributed by atoms with Gasteiger partial charge in [0, 0.05) is 37.2 Å². The van der Waals surface area contributed by atoms with Crippen molar-refractivity contribution in [2.75, 3.05) is 33.5 Å². The van der Waals surface area contributed by atoms with Gasteiger partial charge in [0.15, 0.2) is 11.5 Å². The Hall–Kier alpha value is -2.60. The number of rotatable bonds is 2. The predicted octanol–water partition coefficient (Wildman–Crippen LogP) is 2.93. The van der Waals surface area contributed by atoms with E-state index in [2.05, 4.69) is 11.9 Å². The van der Waals surface area contributed by atoms with Gasteiger partial charge in [-0.2, -0.15) is 0 Å². The normalized spacial score (nSPS) is 26.4. The number of hydrogen-bond acceptors (Lipinski definition) is 4. The number of amides is 1. The molecule has 3 aliphatic rings. The highest BCUT2D eigenvalue weighted by molar-refractivity contribution is 5.95. The van der Waals surface area contributed by atoms with E-state index in [-0.39, 0.29) is 24.6 Å². The predicted molar refractivity (Wildman–Crippen MR) is 97.2 cm³/mol. The highest BCUT2D eigenvalue weighted by Crippen LogP contribution is 2.44. The first-order chi connectivity index (χ1) is 13.1. The maximum Gasteiger partial charge on any atom is 0.254 e. The number of benzene rings is 2. The van der Waals surface area contributed by atoms with Gasteiger partial charge in [-0.25, -0.2) is 4.39 Å². The monoisotopic (exact) mass is 368 g/mol. The Morgan fingerprint density at radius 3 is 2.78 bits per heavy atom. The van der Waals surface area contributed by atoms with Gasteiger partial charge in [0.2, 0.25) is 6.79 Å². The van der Waals surface area contributed by atoms with Crippen molar-refractivity contribution in [3.8, 4) is 11.5 Å². The molecule has 2 aromatic rings. The lowest BCUT2D eigenvalue weighted by atomic mass is 9.89. The Bertz CT molecular complexity index is 903. The Morgan fingerprint density at radius 1 is 1.07 bits per heavy atom. The van der Waals surface area contributed by atoms with E-state index >= 15 is 0 Å². The van der Waals surface area contributed by atoms with Crippen LogP contribution in [0.2, 0.25) is 0 Å². The second-order valence-corrected chi connectivity index (χ2v) is 7.64. The quantitative estimate of drug-likeness (QED) is 0.817. The van der Waals surface area contributed by atoms with Crippen LogP contribution in [0.25, 0.3) is 0 Å². The minimum Gasteiger partial charge on any atom is -0.454 e. The number of nitrogens with zero attached hydrogens (tertiary/aromatic N) is 2. The molecule has 5 nitrogen and oxygen atoms in total. The van der Waals surface area contributed by atoms with Crippen molar-refractivity contribution in [3.63, 3.8) is 0 Å². The number of ether oxygens (including phenoxy) is 2. The fourth-order valence-corrected chi connectivity index (χ4v) is 4.83. The summed E-state index contributed by atoms with van der Waals surface area (Å²) in [6.07, 6.45) is 0. The standard InChI is InChI=1S/C21H21FN2O3/c1-23-9-15-10-24(11-17(15)20(23)13-3-2-4-16(22)7-13)21(25)14-5-6-18-19(8-14)27-12-26-18/h2-8,15,17,20H,9-12H2,1H3/t15-,17+,20-/m0/s1. The van der Waals surface area contributed by atoms with Crippen LogP contribution < -0.4 is 9.47 Å². The van der Waals surface area contributed by atoms with Gasteiger partial charge < -0.3 is 14.4 Å². The van der Waals surface area contributed by atoms with Crippen molar-refractivity contribution < 1.29 is 18.7 Å². The van der Waals surface area contributed by atoms with Gasteiger partial charge in [0.25, 0.3) is 5.91 Å². The fraction of sp³-hybridized carbons (Fsp3) is 0.381. The number of carbonyl (C=O) groups is 1. The molecule has 1 amide bonds. The van der Waals surface area contributed by atoms with Gasteiger partial charge in [-0.3, -0.25) is 9.69 Å². The van der Waals surface area contributed by atoms with Crippen molar-refractivity contribution >= 4 is 5.91 Å². The molecular weight excluding hydrogens is 347 g/mol. The molecule has 0 saturated carbocycles.